The van der Waals surface area contributed by atoms with E-state index in [0.29, 0.717) is 21.9 Å². The van der Waals surface area contributed by atoms with Crippen molar-refractivity contribution in [3.05, 3.63) is 81.2 Å². The topological polar surface area (TPSA) is 112 Å². The predicted molar refractivity (Wildman–Crippen MR) is 137 cm³/mol. The summed E-state index contributed by atoms with van der Waals surface area (Å²) in [5.41, 5.74) is -1.11. The lowest BCUT2D eigenvalue weighted by Crippen LogP contribution is -2.40. The highest BCUT2D eigenvalue weighted by molar-refractivity contribution is 7.20. The first-order valence-corrected chi connectivity index (χ1v) is 12.5. The Labute approximate surface area is 223 Å². The maximum atomic E-state index is 13.1. The van der Waals surface area contributed by atoms with Crippen LogP contribution < -0.4 is 25.7 Å². The third-order valence-corrected chi connectivity index (χ3v) is 7.17. The standard InChI is InChI=1S/C26H21F3N4O5S/c1-14-21-24(39-22(14)23(35)30-10-17-12-37-18-7-2-3-8-19(18)38-17)31-13-33(25(21)36)11-20(34)32-16-6-4-5-15(9-16)26(27,28)29/h2-9,13,17H,10-12H2,1H3,(H,30,35)(H,32,34)/t17-/m0/s1. The second-order valence-electron chi connectivity index (χ2n) is 8.75. The Kier molecular flexibility index (Phi) is 7.00. The van der Waals surface area contributed by atoms with Gasteiger partial charge < -0.3 is 20.1 Å². The zero-order valence-electron chi connectivity index (χ0n) is 20.4. The van der Waals surface area contributed by atoms with Gasteiger partial charge >= 0.3 is 6.18 Å². The number of aromatic nitrogens is 2. The average molecular weight is 559 g/mol. The summed E-state index contributed by atoms with van der Waals surface area (Å²) in [6, 6.07) is 11.4. The van der Waals surface area contributed by atoms with Gasteiger partial charge in [0.15, 0.2) is 11.5 Å². The fourth-order valence-corrected chi connectivity index (χ4v) is 5.12. The molecule has 202 valence electrons. The normalized spacial score (nSPS) is 14.7. The number of aryl methyl sites for hydroxylation is 1. The molecule has 0 saturated heterocycles. The number of rotatable bonds is 6. The van der Waals surface area contributed by atoms with E-state index in [4.69, 9.17) is 9.47 Å². The van der Waals surface area contributed by atoms with Crippen LogP contribution in [0.2, 0.25) is 0 Å². The third kappa shape index (κ3) is 5.58. The van der Waals surface area contributed by atoms with Crippen molar-refractivity contribution in [3.63, 3.8) is 0 Å². The molecule has 0 fully saturated rings. The van der Waals surface area contributed by atoms with Crippen LogP contribution in [0.5, 0.6) is 11.5 Å². The summed E-state index contributed by atoms with van der Waals surface area (Å²) in [5, 5.41) is 5.34. The number of nitrogens with one attached hydrogen (secondary N) is 2. The summed E-state index contributed by atoms with van der Waals surface area (Å²) in [6.07, 6.45) is -3.79. The maximum absolute atomic E-state index is 13.1. The Hall–Kier alpha value is -4.39. The van der Waals surface area contributed by atoms with E-state index >= 15 is 0 Å². The minimum atomic E-state index is -4.56. The first kappa shape index (κ1) is 26.2. The molecule has 9 nitrogen and oxygen atoms in total. The zero-order chi connectivity index (χ0) is 27.7. The molecule has 13 heteroatoms. The smallest absolute Gasteiger partial charge is 0.416 e. The Bertz CT molecular complexity index is 1630. The number of halogens is 3. The second kappa shape index (κ2) is 10.4. The largest absolute Gasteiger partial charge is 0.486 e. The van der Waals surface area contributed by atoms with Crippen molar-refractivity contribution in [1.29, 1.82) is 0 Å². The Balaban J connectivity index is 1.27. The quantitative estimate of drug-likeness (QED) is 0.370. The summed E-state index contributed by atoms with van der Waals surface area (Å²) in [7, 11) is 0. The van der Waals surface area contributed by atoms with E-state index in [9.17, 15) is 27.6 Å². The van der Waals surface area contributed by atoms with Gasteiger partial charge in [-0.25, -0.2) is 4.98 Å². The van der Waals surface area contributed by atoms with Crippen LogP contribution in [0.1, 0.15) is 20.8 Å². The molecule has 0 saturated carbocycles. The van der Waals surface area contributed by atoms with Crippen LogP contribution in [-0.2, 0) is 17.5 Å². The molecule has 1 atom stereocenters. The van der Waals surface area contributed by atoms with E-state index in [0.717, 1.165) is 28.0 Å². The minimum Gasteiger partial charge on any atom is -0.486 e. The molecule has 0 radical (unpaired) electrons. The Morgan fingerprint density at radius 1 is 1.15 bits per heavy atom. The predicted octanol–water partition coefficient (Wildman–Crippen LogP) is 3.99. The van der Waals surface area contributed by atoms with Crippen molar-refractivity contribution in [3.8, 4) is 11.5 Å². The first-order chi connectivity index (χ1) is 18.6. The lowest BCUT2D eigenvalue weighted by atomic mass is 10.2. The van der Waals surface area contributed by atoms with Crippen molar-refractivity contribution in [2.75, 3.05) is 18.5 Å². The van der Waals surface area contributed by atoms with Crippen LogP contribution in [0.25, 0.3) is 10.2 Å². The van der Waals surface area contributed by atoms with E-state index in [1.165, 1.54) is 18.5 Å². The molecule has 1 aliphatic rings. The highest BCUT2D eigenvalue weighted by Crippen LogP contribution is 2.32. The molecular weight excluding hydrogens is 537 g/mol. The van der Waals surface area contributed by atoms with Crippen LogP contribution >= 0.6 is 11.3 Å². The molecule has 3 heterocycles. The van der Waals surface area contributed by atoms with Gasteiger partial charge in [0.1, 0.15) is 24.1 Å². The summed E-state index contributed by atoms with van der Waals surface area (Å²) in [5.74, 6) is 0.0973. The molecule has 2 amide bonds. The highest BCUT2D eigenvalue weighted by Gasteiger charge is 2.30. The Morgan fingerprint density at radius 2 is 1.92 bits per heavy atom. The lowest BCUT2D eigenvalue weighted by Gasteiger charge is -2.26. The molecular formula is C26H21F3N4O5S. The molecule has 1 aliphatic heterocycles. The minimum absolute atomic E-state index is 0.0570. The van der Waals surface area contributed by atoms with Crippen LogP contribution in [0.4, 0.5) is 18.9 Å². The van der Waals surface area contributed by atoms with Crippen molar-refractivity contribution in [2.45, 2.75) is 25.7 Å². The SMILES string of the molecule is Cc1c(C(=O)NC[C@H]2COc3ccccc3O2)sc2ncn(CC(=O)Nc3cccc(C(F)(F)F)c3)c(=O)c12. The number of hydrogen-bond acceptors (Lipinski definition) is 7. The number of benzene rings is 2. The van der Waals surface area contributed by atoms with E-state index in [2.05, 4.69) is 15.6 Å². The fourth-order valence-electron chi connectivity index (χ4n) is 4.07. The van der Waals surface area contributed by atoms with Crippen molar-refractivity contribution >= 4 is 39.1 Å². The number of amides is 2. The second-order valence-corrected chi connectivity index (χ2v) is 9.75. The van der Waals surface area contributed by atoms with Gasteiger partial charge in [-0.3, -0.25) is 19.0 Å². The zero-order valence-corrected chi connectivity index (χ0v) is 21.2. The van der Waals surface area contributed by atoms with E-state index in [-0.39, 0.29) is 29.1 Å². The molecule has 0 bridgehead atoms. The van der Waals surface area contributed by atoms with Gasteiger partial charge in [0, 0.05) is 5.69 Å². The molecule has 39 heavy (non-hydrogen) atoms. The average Bonchev–Trinajstić information content (AvgIpc) is 3.25. The van der Waals surface area contributed by atoms with Crippen LogP contribution in [0, 0.1) is 6.92 Å². The molecule has 2 aromatic carbocycles. The van der Waals surface area contributed by atoms with Gasteiger partial charge in [-0.1, -0.05) is 18.2 Å². The van der Waals surface area contributed by atoms with E-state index < -0.39 is 41.8 Å². The molecule has 2 aromatic heterocycles. The van der Waals surface area contributed by atoms with Crippen molar-refractivity contribution in [1.82, 2.24) is 14.9 Å². The van der Waals surface area contributed by atoms with Crippen molar-refractivity contribution in [2.24, 2.45) is 0 Å². The van der Waals surface area contributed by atoms with Gasteiger partial charge in [0.2, 0.25) is 5.91 Å². The summed E-state index contributed by atoms with van der Waals surface area (Å²) < 4.78 is 51.4. The van der Waals surface area contributed by atoms with Crippen molar-refractivity contribution < 1.29 is 32.2 Å². The first-order valence-electron chi connectivity index (χ1n) is 11.7. The third-order valence-electron chi connectivity index (χ3n) is 5.97. The van der Waals surface area contributed by atoms with Gasteiger partial charge in [-0.2, -0.15) is 13.2 Å². The molecule has 0 unspecified atom stereocenters. The van der Waals surface area contributed by atoms with Gasteiger partial charge in [0.05, 0.1) is 28.7 Å². The number of fused-ring (bicyclic) bond motifs is 2. The van der Waals surface area contributed by atoms with Crippen LogP contribution in [0.3, 0.4) is 0 Å². The number of thiophene rings is 1. The lowest BCUT2D eigenvalue weighted by molar-refractivity contribution is -0.137. The highest BCUT2D eigenvalue weighted by atomic mass is 32.1. The van der Waals surface area contributed by atoms with Gasteiger partial charge in [-0.05, 0) is 42.8 Å². The number of para-hydroxylation sites is 2. The van der Waals surface area contributed by atoms with Crippen LogP contribution in [0.15, 0.2) is 59.7 Å². The number of hydrogen-bond donors (Lipinski definition) is 2. The molecule has 5 rings (SSSR count). The fraction of sp³-hybridized carbons (Fsp3) is 0.231. The summed E-state index contributed by atoms with van der Waals surface area (Å²) >= 11 is 1.04. The van der Waals surface area contributed by atoms with Crippen LogP contribution in [-0.4, -0.2) is 40.6 Å². The van der Waals surface area contributed by atoms with E-state index in [1.54, 1.807) is 19.1 Å². The molecule has 4 aromatic rings. The number of ether oxygens (including phenoxy) is 2. The Morgan fingerprint density at radius 3 is 2.69 bits per heavy atom. The molecule has 0 spiro atoms. The maximum Gasteiger partial charge on any atom is 0.416 e. The number of carbonyl (C=O) groups is 2. The number of carbonyl (C=O) groups excluding carboxylic acids is 2. The number of nitrogens with zero attached hydrogens (tertiary/aromatic N) is 2. The molecule has 2 N–H and O–H groups in total. The monoisotopic (exact) mass is 558 g/mol. The summed E-state index contributed by atoms with van der Waals surface area (Å²) in [6.45, 7) is 1.57. The van der Waals surface area contributed by atoms with Gasteiger partial charge in [0.25, 0.3) is 11.5 Å². The number of anilines is 1. The molecule has 0 aliphatic carbocycles. The van der Waals surface area contributed by atoms with Gasteiger partial charge in [-0.15, -0.1) is 11.3 Å². The number of alkyl halides is 3. The summed E-state index contributed by atoms with van der Waals surface area (Å²) in [4.78, 5) is 43.3. The van der Waals surface area contributed by atoms with E-state index in [1.807, 2.05) is 12.1 Å².